The van der Waals surface area contributed by atoms with Crippen LogP contribution in [0.1, 0.15) is 28.8 Å². The third-order valence-electron chi connectivity index (χ3n) is 4.52. The van der Waals surface area contributed by atoms with Crippen LogP contribution in [-0.2, 0) is 16.1 Å². The first-order valence-electron chi connectivity index (χ1n) is 9.10. The molecule has 2 amide bonds. The van der Waals surface area contributed by atoms with Gasteiger partial charge in [-0.1, -0.05) is 18.2 Å². The molecule has 1 atom stereocenters. The van der Waals surface area contributed by atoms with Gasteiger partial charge in [-0.3, -0.25) is 9.59 Å². The molecule has 1 aliphatic rings. The predicted molar refractivity (Wildman–Crippen MR) is 106 cm³/mol. The molecule has 3 rings (SSSR count). The Morgan fingerprint density at radius 3 is 2.59 bits per heavy atom. The Morgan fingerprint density at radius 2 is 1.93 bits per heavy atom. The van der Waals surface area contributed by atoms with Gasteiger partial charge in [0.05, 0.1) is 0 Å². The molecule has 142 valence electrons. The fraction of sp³-hybridized carbons (Fsp3) is 0.333. The van der Waals surface area contributed by atoms with Crippen LogP contribution in [0.3, 0.4) is 0 Å². The van der Waals surface area contributed by atoms with Gasteiger partial charge < -0.3 is 20.3 Å². The van der Waals surface area contributed by atoms with E-state index in [1.807, 2.05) is 43.3 Å². The highest BCUT2D eigenvalue weighted by molar-refractivity contribution is 5.98. The van der Waals surface area contributed by atoms with Crippen molar-refractivity contribution in [3.8, 4) is 0 Å². The molecular formula is C21H25N3O3. The van der Waals surface area contributed by atoms with E-state index < -0.39 is 6.10 Å². The molecule has 27 heavy (non-hydrogen) atoms. The molecule has 0 saturated carbocycles. The van der Waals surface area contributed by atoms with Gasteiger partial charge in [0.1, 0.15) is 6.10 Å². The first kappa shape index (κ1) is 18.9. The molecule has 0 bridgehead atoms. The maximum Gasteiger partial charge on any atom is 0.253 e. The molecule has 0 aliphatic carbocycles. The van der Waals surface area contributed by atoms with Gasteiger partial charge in [-0.15, -0.1) is 0 Å². The number of anilines is 2. The summed E-state index contributed by atoms with van der Waals surface area (Å²) in [6, 6.07) is 15.0. The topological polar surface area (TPSA) is 70.7 Å². The van der Waals surface area contributed by atoms with E-state index in [-0.39, 0.29) is 11.8 Å². The summed E-state index contributed by atoms with van der Waals surface area (Å²) < 4.78 is 5.38. The molecule has 2 aromatic rings. The van der Waals surface area contributed by atoms with Crippen molar-refractivity contribution < 1.29 is 14.3 Å². The normalized spacial score (nSPS) is 16.0. The maximum atomic E-state index is 12.4. The monoisotopic (exact) mass is 367 g/mol. The summed E-state index contributed by atoms with van der Waals surface area (Å²) in [5.74, 6) is -0.342. The molecule has 0 spiro atoms. The van der Waals surface area contributed by atoms with E-state index in [2.05, 4.69) is 10.6 Å². The van der Waals surface area contributed by atoms with Crippen molar-refractivity contribution in [2.24, 2.45) is 0 Å². The van der Waals surface area contributed by atoms with Crippen LogP contribution in [0.15, 0.2) is 48.5 Å². The SMILES string of the molecule is CN(C)c1ccc(CNC(=O)c2cccc(NC(=O)C3CCCO3)c2)cc1. The summed E-state index contributed by atoms with van der Waals surface area (Å²) in [5, 5.41) is 5.73. The molecule has 1 saturated heterocycles. The van der Waals surface area contributed by atoms with Crippen LogP contribution >= 0.6 is 0 Å². The largest absolute Gasteiger partial charge is 0.378 e. The summed E-state index contributed by atoms with van der Waals surface area (Å²) in [6.07, 6.45) is 1.24. The highest BCUT2D eigenvalue weighted by atomic mass is 16.5. The molecular weight excluding hydrogens is 342 g/mol. The van der Waals surface area contributed by atoms with Crippen molar-refractivity contribution in [3.63, 3.8) is 0 Å². The number of amides is 2. The number of carbonyl (C=O) groups excluding carboxylic acids is 2. The number of nitrogens with one attached hydrogen (secondary N) is 2. The van der Waals surface area contributed by atoms with Crippen LogP contribution in [0, 0.1) is 0 Å². The lowest BCUT2D eigenvalue weighted by molar-refractivity contribution is -0.124. The van der Waals surface area contributed by atoms with Gasteiger partial charge in [-0.05, 0) is 48.7 Å². The number of hydrogen-bond acceptors (Lipinski definition) is 4. The van der Waals surface area contributed by atoms with Gasteiger partial charge in [0.15, 0.2) is 0 Å². The summed E-state index contributed by atoms with van der Waals surface area (Å²) in [4.78, 5) is 26.6. The van der Waals surface area contributed by atoms with Crippen LogP contribution < -0.4 is 15.5 Å². The van der Waals surface area contributed by atoms with Gasteiger partial charge in [0, 0.05) is 44.2 Å². The van der Waals surface area contributed by atoms with Crippen LogP contribution in [0.2, 0.25) is 0 Å². The smallest absolute Gasteiger partial charge is 0.253 e. The van der Waals surface area contributed by atoms with E-state index in [9.17, 15) is 9.59 Å². The molecule has 1 heterocycles. The number of rotatable bonds is 6. The van der Waals surface area contributed by atoms with Crippen LogP contribution in [0.4, 0.5) is 11.4 Å². The number of hydrogen-bond donors (Lipinski definition) is 2. The molecule has 1 unspecified atom stereocenters. The lowest BCUT2D eigenvalue weighted by Crippen LogP contribution is -2.27. The minimum absolute atomic E-state index is 0.161. The Labute approximate surface area is 159 Å². The summed E-state index contributed by atoms with van der Waals surface area (Å²) in [7, 11) is 3.97. The van der Waals surface area contributed by atoms with Crippen LogP contribution in [-0.4, -0.2) is 38.6 Å². The summed E-state index contributed by atoms with van der Waals surface area (Å²) >= 11 is 0. The fourth-order valence-corrected chi connectivity index (χ4v) is 2.94. The molecule has 2 aromatic carbocycles. The average Bonchev–Trinajstić information content (AvgIpc) is 3.21. The second-order valence-corrected chi connectivity index (χ2v) is 6.82. The number of benzene rings is 2. The first-order chi connectivity index (χ1) is 13.0. The molecule has 0 aromatic heterocycles. The molecule has 2 N–H and O–H groups in total. The van der Waals surface area contributed by atoms with Gasteiger partial charge in [-0.25, -0.2) is 0 Å². The second kappa shape index (κ2) is 8.68. The Bertz CT molecular complexity index is 797. The zero-order valence-electron chi connectivity index (χ0n) is 15.7. The van der Waals surface area contributed by atoms with Gasteiger partial charge in [0.2, 0.25) is 0 Å². The molecule has 6 heteroatoms. The Hall–Kier alpha value is -2.86. The maximum absolute atomic E-state index is 12.4. The number of nitrogens with zero attached hydrogens (tertiary/aromatic N) is 1. The third kappa shape index (κ3) is 5.08. The Balaban J connectivity index is 1.57. The van der Waals surface area contributed by atoms with Gasteiger partial charge in [0.25, 0.3) is 11.8 Å². The Morgan fingerprint density at radius 1 is 1.15 bits per heavy atom. The zero-order chi connectivity index (χ0) is 19.2. The minimum Gasteiger partial charge on any atom is -0.378 e. The third-order valence-corrected chi connectivity index (χ3v) is 4.52. The standard InChI is InChI=1S/C21H25N3O3/c1-24(2)18-10-8-15(9-11-18)14-22-20(25)16-5-3-6-17(13-16)23-21(26)19-7-4-12-27-19/h3,5-6,8-11,13,19H,4,7,12,14H2,1-2H3,(H,22,25)(H,23,26). The lowest BCUT2D eigenvalue weighted by Gasteiger charge is -2.13. The summed E-state index contributed by atoms with van der Waals surface area (Å²) in [5.41, 5.74) is 3.24. The van der Waals surface area contributed by atoms with Crippen molar-refractivity contribution >= 4 is 23.2 Å². The van der Waals surface area contributed by atoms with Crippen molar-refractivity contribution in [3.05, 3.63) is 59.7 Å². The van der Waals surface area contributed by atoms with Crippen molar-refractivity contribution in [1.29, 1.82) is 0 Å². The first-order valence-corrected chi connectivity index (χ1v) is 9.10. The quantitative estimate of drug-likeness (QED) is 0.824. The van der Waals surface area contributed by atoms with Gasteiger partial charge >= 0.3 is 0 Å². The van der Waals surface area contributed by atoms with E-state index in [4.69, 9.17) is 4.74 Å². The van der Waals surface area contributed by atoms with Crippen molar-refractivity contribution in [2.45, 2.75) is 25.5 Å². The molecule has 6 nitrogen and oxygen atoms in total. The van der Waals surface area contributed by atoms with Crippen molar-refractivity contribution in [1.82, 2.24) is 5.32 Å². The summed E-state index contributed by atoms with van der Waals surface area (Å²) in [6.45, 7) is 1.06. The Kier molecular flexibility index (Phi) is 6.08. The fourth-order valence-electron chi connectivity index (χ4n) is 2.94. The van der Waals surface area contributed by atoms with Crippen LogP contribution in [0.25, 0.3) is 0 Å². The van der Waals surface area contributed by atoms with Crippen molar-refractivity contribution in [2.75, 3.05) is 30.9 Å². The van der Waals surface area contributed by atoms with E-state index in [1.54, 1.807) is 24.3 Å². The van der Waals surface area contributed by atoms with E-state index in [0.29, 0.717) is 24.4 Å². The lowest BCUT2D eigenvalue weighted by atomic mass is 10.1. The van der Waals surface area contributed by atoms with E-state index >= 15 is 0 Å². The second-order valence-electron chi connectivity index (χ2n) is 6.82. The predicted octanol–water partition coefficient (Wildman–Crippen LogP) is 2.80. The number of ether oxygens (including phenoxy) is 1. The van der Waals surface area contributed by atoms with E-state index in [0.717, 1.165) is 24.1 Å². The highest BCUT2D eigenvalue weighted by Crippen LogP contribution is 2.17. The minimum atomic E-state index is -0.396. The molecule has 0 radical (unpaired) electrons. The zero-order valence-corrected chi connectivity index (χ0v) is 15.7. The number of carbonyl (C=O) groups is 2. The van der Waals surface area contributed by atoms with Crippen LogP contribution in [0.5, 0.6) is 0 Å². The van der Waals surface area contributed by atoms with Gasteiger partial charge in [-0.2, -0.15) is 0 Å². The van der Waals surface area contributed by atoms with E-state index in [1.165, 1.54) is 0 Å². The average molecular weight is 367 g/mol. The highest BCUT2D eigenvalue weighted by Gasteiger charge is 2.23. The molecule has 1 fully saturated rings. The molecule has 1 aliphatic heterocycles.